The Morgan fingerprint density at radius 2 is 1.89 bits per heavy atom. The van der Waals surface area contributed by atoms with Crippen LogP contribution >= 0.6 is 0 Å². The maximum atomic E-state index is 10.3. The van der Waals surface area contributed by atoms with Crippen molar-refractivity contribution in [3.8, 4) is 0 Å². The number of aliphatic carboxylic acids is 1. The molecule has 0 heterocycles. The Labute approximate surface area is 107 Å². The Kier molecular flexibility index (Phi) is 6.39. The third-order valence-corrected chi connectivity index (χ3v) is 2.95. The monoisotopic (exact) mass is 252 g/mol. The molecule has 0 saturated carbocycles. The molecular weight excluding hydrogens is 232 g/mol. The number of rotatable bonds is 8. The van der Waals surface area contributed by atoms with Gasteiger partial charge in [-0.05, 0) is 24.0 Å². The maximum absolute atomic E-state index is 10.3. The number of carbonyl (C=O) groups is 1. The zero-order chi connectivity index (χ0) is 13.4. The maximum Gasteiger partial charge on any atom is 0.303 e. The summed E-state index contributed by atoms with van der Waals surface area (Å²) >= 11 is 0. The minimum absolute atomic E-state index is 0.0771. The van der Waals surface area contributed by atoms with E-state index in [0.29, 0.717) is 12.8 Å². The van der Waals surface area contributed by atoms with Gasteiger partial charge in [-0.15, -0.1) is 0 Å². The number of aliphatic hydroxyl groups is 2. The van der Waals surface area contributed by atoms with E-state index in [1.165, 1.54) is 0 Å². The van der Waals surface area contributed by atoms with E-state index in [9.17, 15) is 9.90 Å². The molecule has 4 heteroatoms. The van der Waals surface area contributed by atoms with Crippen molar-refractivity contribution in [3.05, 3.63) is 35.4 Å². The minimum atomic E-state index is -0.777. The summed E-state index contributed by atoms with van der Waals surface area (Å²) in [5, 5.41) is 27.7. The summed E-state index contributed by atoms with van der Waals surface area (Å²) in [5.74, 6) is -0.777. The van der Waals surface area contributed by atoms with Crippen LogP contribution in [0.1, 0.15) is 49.3 Å². The van der Waals surface area contributed by atoms with Crippen LogP contribution in [0.2, 0.25) is 0 Å². The number of aliphatic hydroxyl groups excluding tert-OH is 2. The van der Waals surface area contributed by atoms with Crippen LogP contribution in [0.3, 0.4) is 0 Å². The smallest absolute Gasteiger partial charge is 0.303 e. The Morgan fingerprint density at radius 1 is 1.17 bits per heavy atom. The molecule has 4 nitrogen and oxygen atoms in total. The second-order valence-electron chi connectivity index (χ2n) is 4.37. The first kappa shape index (κ1) is 14.7. The van der Waals surface area contributed by atoms with Crippen molar-refractivity contribution in [3.63, 3.8) is 0 Å². The lowest BCUT2D eigenvalue weighted by atomic mass is 9.98. The molecule has 1 atom stereocenters. The van der Waals surface area contributed by atoms with Crippen molar-refractivity contribution < 1.29 is 20.1 Å². The topological polar surface area (TPSA) is 77.8 Å². The second kappa shape index (κ2) is 7.84. The summed E-state index contributed by atoms with van der Waals surface area (Å²) in [6.45, 7) is -0.0771. The number of unbranched alkanes of at least 4 members (excludes halogenated alkanes) is 2. The van der Waals surface area contributed by atoms with Crippen LogP contribution in [0.25, 0.3) is 0 Å². The van der Waals surface area contributed by atoms with Gasteiger partial charge in [-0.1, -0.05) is 37.1 Å². The van der Waals surface area contributed by atoms with Crippen LogP contribution in [0, 0.1) is 0 Å². The molecule has 0 saturated heterocycles. The molecule has 0 aliphatic carbocycles. The fraction of sp³-hybridized carbons (Fsp3) is 0.500. The number of carboxylic acid groups (broad SMARTS) is 1. The van der Waals surface area contributed by atoms with E-state index in [1.807, 2.05) is 18.2 Å². The molecule has 1 rings (SSSR count). The van der Waals surface area contributed by atoms with Gasteiger partial charge in [0.25, 0.3) is 0 Å². The highest BCUT2D eigenvalue weighted by molar-refractivity contribution is 5.66. The van der Waals surface area contributed by atoms with Crippen molar-refractivity contribution >= 4 is 5.97 Å². The number of carboxylic acids is 1. The molecule has 0 fully saturated rings. The van der Waals surface area contributed by atoms with Gasteiger partial charge in [-0.3, -0.25) is 4.79 Å². The molecule has 0 aliphatic rings. The third kappa shape index (κ3) is 4.85. The Bertz CT molecular complexity index is 376. The summed E-state index contributed by atoms with van der Waals surface area (Å²) < 4.78 is 0. The van der Waals surface area contributed by atoms with Gasteiger partial charge in [-0.25, -0.2) is 0 Å². The van der Waals surface area contributed by atoms with E-state index in [1.54, 1.807) is 6.07 Å². The quantitative estimate of drug-likeness (QED) is 0.620. The van der Waals surface area contributed by atoms with Gasteiger partial charge in [0.05, 0.1) is 12.7 Å². The number of hydrogen-bond donors (Lipinski definition) is 3. The molecule has 0 amide bonds. The van der Waals surface area contributed by atoms with Crippen molar-refractivity contribution in [2.24, 2.45) is 0 Å². The summed E-state index contributed by atoms with van der Waals surface area (Å²) in [7, 11) is 0. The molecule has 0 aromatic heterocycles. The molecule has 1 aromatic carbocycles. The zero-order valence-corrected chi connectivity index (χ0v) is 10.4. The lowest BCUT2D eigenvalue weighted by Gasteiger charge is -2.14. The molecule has 0 unspecified atom stereocenters. The summed E-state index contributed by atoms with van der Waals surface area (Å²) in [4.78, 5) is 10.3. The molecule has 0 radical (unpaired) electrons. The first-order valence-electron chi connectivity index (χ1n) is 6.23. The second-order valence-corrected chi connectivity index (χ2v) is 4.37. The van der Waals surface area contributed by atoms with Gasteiger partial charge in [0.2, 0.25) is 0 Å². The van der Waals surface area contributed by atoms with Gasteiger partial charge in [0.1, 0.15) is 0 Å². The predicted octanol–water partition coefficient (Wildman–Crippen LogP) is 2.25. The van der Waals surface area contributed by atoms with Crippen LogP contribution in [0.5, 0.6) is 0 Å². The summed E-state index contributed by atoms with van der Waals surface area (Å²) in [6, 6.07) is 7.27. The highest BCUT2D eigenvalue weighted by Crippen LogP contribution is 2.23. The summed E-state index contributed by atoms with van der Waals surface area (Å²) in [5.41, 5.74) is 1.51. The Morgan fingerprint density at radius 3 is 2.56 bits per heavy atom. The normalized spacial score (nSPS) is 12.3. The van der Waals surface area contributed by atoms with E-state index < -0.39 is 12.1 Å². The fourth-order valence-electron chi connectivity index (χ4n) is 1.95. The largest absolute Gasteiger partial charge is 0.481 e. The molecule has 0 bridgehead atoms. The van der Waals surface area contributed by atoms with Crippen molar-refractivity contribution in [2.45, 2.75) is 44.8 Å². The van der Waals surface area contributed by atoms with Gasteiger partial charge in [0.15, 0.2) is 0 Å². The Balaban J connectivity index is 2.36. The fourth-order valence-corrected chi connectivity index (χ4v) is 1.95. The summed E-state index contributed by atoms with van der Waals surface area (Å²) in [6.07, 6.45) is 2.42. The van der Waals surface area contributed by atoms with Gasteiger partial charge >= 0.3 is 5.97 Å². The van der Waals surface area contributed by atoms with Crippen LogP contribution in [-0.4, -0.2) is 21.3 Å². The lowest BCUT2D eigenvalue weighted by molar-refractivity contribution is -0.137. The van der Waals surface area contributed by atoms with Crippen LogP contribution < -0.4 is 0 Å². The van der Waals surface area contributed by atoms with Crippen molar-refractivity contribution in [2.75, 3.05) is 0 Å². The van der Waals surface area contributed by atoms with Crippen LogP contribution in [0.4, 0.5) is 0 Å². The van der Waals surface area contributed by atoms with Crippen molar-refractivity contribution in [1.82, 2.24) is 0 Å². The highest BCUT2D eigenvalue weighted by Gasteiger charge is 2.11. The average molecular weight is 252 g/mol. The molecule has 18 heavy (non-hydrogen) atoms. The molecule has 100 valence electrons. The van der Waals surface area contributed by atoms with E-state index in [-0.39, 0.29) is 13.0 Å². The molecule has 0 aliphatic heterocycles. The Hall–Kier alpha value is -1.39. The number of hydrogen-bond acceptors (Lipinski definition) is 3. The molecular formula is C14H20O4. The molecule has 0 spiro atoms. The number of benzene rings is 1. The predicted molar refractivity (Wildman–Crippen MR) is 68.0 cm³/mol. The lowest BCUT2D eigenvalue weighted by Crippen LogP contribution is -2.02. The third-order valence-electron chi connectivity index (χ3n) is 2.95. The zero-order valence-electron chi connectivity index (χ0n) is 10.4. The van der Waals surface area contributed by atoms with Gasteiger partial charge in [0, 0.05) is 6.42 Å². The SMILES string of the molecule is O=C(O)CCCCC[C@H](O)c1ccccc1CO. The van der Waals surface area contributed by atoms with E-state index >= 15 is 0 Å². The minimum Gasteiger partial charge on any atom is -0.481 e. The average Bonchev–Trinajstić information content (AvgIpc) is 2.37. The van der Waals surface area contributed by atoms with Crippen LogP contribution in [0.15, 0.2) is 24.3 Å². The van der Waals surface area contributed by atoms with Gasteiger partial charge < -0.3 is 15.3 Å². The van der Waals surface area contributed by atoms with Crippen molar-refractivity contribution in [1.29, 1.82) is 0 Å². The van der Waals surface area contributed by atoms with E-state index in [0.717, 1.165) is 24.0 Å². The first-order valence-corrected chi connectivity index (χ1v) is 6.23. The van der Waals surface area contributed by atoms with Gasteiger partial charge in [-0.2, -0.15) is 0 Å². The van der Waals surface area contributed by atoms with Crippen LogP contribution in [-0.2, 0) is 11.4 Å². The van der Waals surface area contributed by atoms with E-state index in [4.69, 9.17) is 10.2 Å². The molecule has 1 aromatic rings. The first-order chi connectivity index (χ1) is 8.65. The standard InChI is InChI=1S/C14H20O4/c15-10-11-6-4-5-7-12(11)13(16)8-2-1-3-9-14(17)18/h4-7,13,15-16H,1-3,8-10H2,(H,17,18)/t13-/m0/s1. The molecule has 3 N–H and O–H groups in total. The highest BCUT2D eigenvalue weighted by atomic mass is 16.4. The van der Waals surface area contributed by atoms with E-state index in [2.05, 4.69) is 0 Å².